The highest BCUT2D eigenvalue weighted by Crippen LogP contribution is 2.33. The van der Waals surface area contributed by atoms with Crippen LogP contribution in [0.4, 0.5) is 0 Å². The molecular formula is C16H14N2O4S. The normalized spacial score (nSPS) is 12.2. The Kier molecular flexibility index (Phi) is 4.12. The van der Waals surface area contributed by atoms with Gasteiger partial charge >= 0.3 is 5.97 Å². The van der Waals surface area contributed by atoms with Crippen LogP contribution in [-0.4, -0.2) is 27.6 Å². The van der Waals surface area contributed by atoms with Crippen molar-refractivity contribution in [2.45, 2.75) is 12.3 Å². The standard InChI is InChI=1S/C16H14N2O4S/c1-22-13(19)9-10(11-5-4-8-23-11)14-15(20)17-12-6-2-3-7-18(12)16(14)21/h2-8,10,20H,9H2,1H3/t10-/m0/s1. The molecule has 0 saturated carbocycles. The number of methoxy groups -OCH3 is 1. The molecule has 0 unspecified atom stereocenters. The molecule has 0 radical (unpaired) electrons. The maximum Gasteiger partial charge on any atom is 0.306 e. The molecule has 3 aromatic heterocycles. The number of thiophene rings is 1. The average molecular weight is 330 g/mol. The largest absolute Gasteiger partial charge is 0.493 e. The molecule has 3 aromatic rings. The van der Waals surface area contributed by atoms with Gasteiger partial charge in [0.2, 0.25) is 5.88 Å². The van der Waals surface area contributed by atoms with Crippen LogP contribution in [0.1, 0.15) is 22.8 Å². The third-order valence-corrected chi connectivity index (χ3v) is 4.57. The van der Waals surface area contributed by atoms with Crippen LogP contribution in [0.15, 0.2) is 46.7 Å². The molecule has 0 bridgehead atoms. The summed E-state index contributed by atoms with van der Waals surface area (Å²) in [5, 5.41) is 12.1. The number of nitrogens with zero attached hydrogens (tertiary/aromatic N) is 2. The molecule has 3 rings (SSSR count). The lowest BCUT2D eigenvalue weighted by molar-refractivity contribution is -0.140. The minimum absolute atomic E-state index is 0.0413. The zero-order valence-electron chi connectivity index (χ0n) is 12.3. The maximum atomic E-state index is 12.8. The molecule has 0 saturated heterocycles. The van der Waals surface area contributed by atoms with Crippen molar-refractivity contribution in [3.8, 4) is 5.88 Å². The molecule has 0 aliphatic carbocycles. The van der Waals surface area contributed by atoms with Crippen LogP contribution in [0.5, 0.6) is 5.88 Å². The number of carbonyl (C=O) groups excluding carboxylic acids is 1. The first-order valence-electron chi connectivity index (χ1n) is 6.92. The molecule has 0 amide bonds. The van der Waals surface area contributed by atoms with E-state index in [1.807, 2.05) is 17.5 Å². The Bertz CT molecular complexity index is 902. The van der Waals surface area contributed by atoms with Crippen LogP contribution in [0, 0.1) is 0 Å². The van der Waals surface area contributed by atoms with Gasteiger partial charge in [-0.3, -0.25) is 14.0 Å². The summed E-state index contributed by atoms with van der Waals surface area (Å²) in [7, 11) is 1.29. The zero-order valence-corrected chi connectivity index (χ0v) is 13.1. The van der Waals surface area contributed by atoms with Crippen molar-refractivity contribution < 1.29 is 14.6 Å². The van der Waals surface area contributed by atoms with E-state index in [1.165, 1.54) is 22.8 Å². The fraction of sp³-hybridized carbons (Fsp3) is 0.188. The average Bonchev–Trinajstić information content (AvgIpc) is 3.08. The zero-order chi connectivity index (χ0) is 16.4. The summed E-state index contributed by atoms with van der Waals surface area (Å²) in [6.07, 6.45) is 1.54. The second-order valence-electron chi connectivity index (χ2n) is 4.93. The summed E-state index contributed by atoms with van der Waals surface area (Å²) in [5.41, 5.74) is 0.0544. The van der Waals surface area contributed by atoms with Crippen LogP contribution < -0.4 is 5.56 Å². The first-order chi connectivity index (χ1) is 11.1. The molecule has 0 spiro atoms. The Labute approximate surface area is 135 Å². The van der Waals surface area contributed by atoms with Crippen molar-refractivity contribution in [3.63, 3.8) is 0 Å². The van der Waals surface area contributed by atoms with Crippen molar-refractivity contribution in [2.24, 2.45) is 0 Å². The van der Waals surface area contributed by atoms with Gasteiger partial charge in [-0.05, 0) is 23.6 Å². The van der Waals surface area contributed by atoms with Gasteiger partial charge in [-0.15, -0.1) is 11.3 Å². The number of pyridine rings is 1. The van der Waals surface area contributed by atoms with E-state index in [9.17, 15) is 14.7 Å². The van der Waals surface area contributed by atoms with E-state index in [0.29, 0.717) is 5.65 Å². The third-order valence-electron chi connectivity index (χ3n) is 3.58. The van der Waals surface area contributed by atoms with E-state index in [2.05, 4.69) is 4.98 Å². The number of aromatic nitrogens is 2. The summed E-state index contributed by atoms with van der Waals surface area (Å²) < 4.78 is 6.08. The summed E-state index contributed by atoms with van der Waals surface area (Å²) >= 11 is 1.41. The molecule has 0 aliphatic heterocycles. The summed E-state index contributed by atoms with van der Waals surface area (Å²) in [5.74, 6) is -1.41. The third kappa shape index (κ3) is 2.83. The lowest BCUT2D eigenvalue weighted by atomic mass is 9.95. The summed E-state index contributed by atoms with van der Waals surface area (Å²) in [4.78, 5) is 29.4. The molecule has 23 heavy (non-hydrogen) atoms. The molecule has 0 aliphatic rings. The first-order valence-corrected chi connectivity index (χ1v) is 7.80. The Morgan fingerprint density at radius 1 is 1.39 bits per heavy atom. The fourth-order valence-electron chi connectivity index (χ4n) is 2.48. The minimum atomic E-state index is -0.598. The first kappa shape index (κ1) is 15.2. The van der Waals surface area contributed by atoms with Crippen molar-refractivity contribution in [1.82, 2.24) is 9.38 Å². The van der Waals surface area contributed by atoms with Crippen molar-refractivity contribution in [3.05, 3.63) is 62.7 Å². The van der Waals surface area contributed by atoms with Gasteiger partial charge in [0.15, 0.2) is 0 Å². The van der Waals surface area contributed by atoms with E-state index in [-0.39, 0.29) is 17.9 Å². The van der Waals surface area contributed by atoms with Crippen LogP contribution >= 0.6 is 11.3 Å². The van der Waals surface area contributed by atoms with Crippen LogP contribution in [0.2, 0.25) is 0 Å². The SMILES string of the molecule is COC(=O)C[C@@H](c1cccs1)c1c(O)nc2ccccn2c1=O. The molecule has 118 valence electrons. The summed E-state index contributed by atoms with van der Waals surface area (Å²) in [6, 6.07) is 8.71. The number of ether oxygens (including phenoxy) is 1. The monoisotopic (exact) mass is 330 g/mol. The number of fused-ring (bicyclic) bond motifs is 1. The number of aromatic hydroxyl groups is 1. The number of hydrogen-bond donors (Lipinski definition) is 1. The van der Waals surface area contributed by atoms with Crippen molar-refractivity contribution >= 4 is 23.0 Å². The molecule has 1 N–H and O–H groups in total. The fourth-order valence-corrected chi connectivity index (χ4v) is 3.32. The van der Waals surface area contributed by atoms with E-state index in [0.717, 1.165) is 4.88 Å². The number of esters is 1. The van der Waals surface area contributed by atoms with Crippen molar-refractivity contribution in [2.75, 3.05) is 7.11 Å². The second-order valence-corrected chi connectivity index (χ2v) is 5.91. The molecule has 7 heteroatoms. The lowest BCUT2D eigenvalue weighted by Crippen LogP contribution is -2.24. The summed E-state index contributed by atoms with van der Waals surface area (Å²) in [6.45, 7) is 0. The van der Waals surface area contributed by atoms with Crippen molar-refractivity contribution in [1.29, 1.82) is 0 Å². The van der Waals surface area contributed by atoms with Gasteiger partial charge in [0.05, 0.1) is 19.1 Å². The Hall–Kier alpha value is -2.67. The molecule has 0 aromatic carbocycles. The molecule has 0 fully saturated rings. The topological polar surface area (TPSA) is 80.9 Å². The van der Waals surface area contributed by atoms with Gasteiger partial charge in [0, 0.05) is 17.0 Å². The highest BCUT2D eigenvalue weighted by atomic mass is 32.1. The van der Waals surface area contributed by atoms with E-state index < -0.39 is 17.4 Å². The number of rotatable bonds is 4. The predicted octanol–water partition coefficient (Wildman–Crippen LogP) is 2.16. The van der Waals surface area contributed by atoms with E-state index >= 15 is 0 Å². The Morgan fingerprint density at radius 3 is 2.91 bits per heavy atom. The quantitative estimate of drug-likeness (QED) is 0.741. The van der Waals surface area contributed by atoms with E-state index in [1.54, 1.807) is 24.4 Å². The highest BCUT2D eigenvalue weighted by molar-refractivity contribution is 7.10. The van der Waals surface area contributed by atoms with E-state index in [4.69, 9.17) is 4.74 Å². The van der Waals surface area contributed by atoms with Gasteiger partial charge < -0.3 is 9.84 Å². The predicted molar refractivity (Wildman–Crippen MR) is 85.9 cm³/mol. The van der Waals surface area contributed by atoms with Gasteiger partial charge in [0.1, 0.15) is 5.65 Å². The van der Waals surface area contributed by atoms with Crippen LogP contribution in [0.3, 0.4) is 0 Å². The van der Waals surface area contributed by atoms with Gasteiger partial charge in [-0.1, -0.05) is 12.1 Å². The van der Waals surface area contributed by atoms with Gasteiger partial charge in [-0.25, -0.2) is 0 Å². The lowest BCUT2D eigenvalue weighted by Gasteiger charge is -2.15. The smallest absolute Gasteiger partial charge is 0.306 e. The number of carbonyl (C=O) groups is 1. The number of hydrogen-bond acceptors (Lipinski definition) is 6. The van der Waals surface area contributed by atoms with Crippen LogP contribution in [0.25, 0.3) is 5.65 Å². The highest BCUT2D eigenvalue weighted by Gasteiger charge is 2.27. The van der Waals surface area contributed by atoms with Crippen LogP contribution in [-0.2, 0) is 9.53 Å². The maximum absolute atomic E-state index is 12.8. The van der Waals surface area contributed by atoms with Gasteiger partial charge in [-0.2, -0.15) is 4.98 Å². The molecule has 3 heterocycles. The second kappa shape index (κ2) is 6.21. The Balaban J connectivity index is 2.21. The molecular weight excluding hydrogens is 316 g/mol. The minimum Gasteiger partial charge on any atom is -0.493 e. The molecule has 6 nitrogen and oxygen atoms in total. The molecule has 1 atom stereocenters. The van der Waals surface area contributed by atoms with Gasteiger partial charge in [0.25, 0.3) is 5.56 Å². The Morgan fingerprint density at radius 2 is 2.22 bits per heavy atom.